The predicted octanol–water partition coefficient (Wildman–Crippen LogP) is 7.24. The van der Waals surface area contributed by atoms with E-state index in [4.69, 9.17) is 0 Å². The van der Waals surface area contributed by atoms with Gasteiger partial charge in [0.05, 0.1) is 0 Å². The Labute approximate surface area is 212 Å². The van der Waals surface area contributed by atoms with Crippen LogP contribution in [0.5, 0.6) is 0 Å². The Hall–Kier alpha value is -1.10. The van der Waals surface area contributed by atoms with Gasteiger partial charge in [-0.05, 0) is 17.5 Å². The molecule has 1 aliphatic rings. The first-order valence-corrected chi connectivity index (χ1v) is 9.56. The van der Waals surface area contributed by atoms with Crippen LogP contribution in [-0.2, 0) is 32.6 Å². The van der Waals surface area contributed by atoms with E-state index in [0.717, 1.165) is 6.42 Å². The molecule has 4 rings (SSSR count). The van der Waals surface area contributed by atoms with Crippen molar-refractivity contribution in [1.82, 2.24) is 0 Å². The monoisotopic (exact) mass is 495 g/mol. The molecule has 160 valence electrons. The number of halogens is 2. The normalized spacial score (nSPS) is 9.83. The summed E-state index contributed by atoms with van der Waals surface area (Å²) in [6.45, 7) is 5.79. The minimum atomic E-state index is -0.916. The van der Waals surface area contributed by atoms with Gasteiger partial charge in [0.2, 0.25) is 0 Å². The van der Waals surface area contributed by atoms with Crippen LogP contribution in [0.1, 0.15) is 31.9 Å². The third-order valence-electron chi connectivity index (χ3n) is 4.25. The number of hydrogen-bond acceptors (Lipinski definition) is 1. The molecule has 0 bridgehead atoms. The molecule has 0 heterocycles. The van der Waals surface area contributed by atoms with Crippen molar-refractivity contribution in [3.8, 4) is 22.3 Å². The molecule has 3 aromatic carbocycles. The Balaban J connectivity index is -0.000000543. The maximum absolute atomic E-state index is 9.86. The van der Waals surface area contributed by atoms with E-state index in [0.29, 0.717) is 0 Å². The van der Waals surface area contributed by atoms with Gasteiger partial charge in [-0.3, -0.25) is 0 Å². The first-order chi connectivity index (χ1) is 12.0. The summed E-state index contributed by atoms with van der Waals surface area (Å²) >= 11 is 0. The molecule has 0 aromatic heterocycles. The molecule has 3 aromatic rings. The van der Waals surface area contributed by atoms with E-state index in [1.54, 1.807) is 0 Å². The Morgan fingerprint density at radius 3 is 1.53 bits per heavy atom. The molecule has 0 amide bonds. The van der Waals surface area contributed by atoms with Crippen LogP contribution >= 0.6 is 24.8 Å². The summed E-state index contributed by atoms with van der Waals surface area (Å²) in [6.07, 6.45) is 1.03. The zero-order chi connectivity index (χ0) is 17.9. The van der Waals surface area contributed by atoms with Crippen molar-refractivity contribution in [2.24, 2.45) is 0 Å². The minimum absolute atomic E-state index is 0. The molecule has 1 aliphatic carbocycles. The van der Waals surface area contributed by atoms with Crippen LogP contribution in [-0.4, -0.2) is 15.1 Å². The van der Waals surface area contributed by atoms with Crippen LogP contribution < -0.4 is 0 Å². The van der Waals surface area contributed by atoms with Crippen molar-refractivity contribution in [3.05, 3.63) is 97.7 Å². The second kappa shape index (κ2) is 14.8. The quantitative estimate of drug-likeness (QED) is 0.202. The van der Waals surface area contributed by atoms with Crippen LogP contribution in [0.25, 0.3) is 27.2 Å². The third kappa shape index (κ3) is 8.20. The van der Waals surface area contributed by atoms with E-state index in [2.05, 4.69) is 71.7 Å². The molecule has 0 radical (unpaired) electrons. The molecule has 30 heavy (non-hydrogen) atoms. The molecule has 6 heteroatoms. The summed E-state index contributed by atoms with van der Waals surface area (Å²) in [5.41, 5.74) is 8.26. The van der Waals surface area contributed by atoms with Gasteiger partial charge >= 0.3 is 21.7 Å². The molecular weight excluding hydrogens is 465 g/mol. The number of benzene rings is 2. The number of hydrogen-bond donors (Lipinski definition) is 0. The van der Waals surface area contributed by atoms with Gasteiger partial charge in [0.25, 0.3) is 0 Å². The van der Waals surface area contributed by atoms with Gasteiger partial charge in [0.1, 0.15) is 0 Å². The van der Waals surface area contributed by atoms with Gasteiger partial charge in [0, 0.05) is 0 Å². The van der Waals surface area contributed by atoms with Gasteiger partial charge in [-0.15, -0.1) is 30.4 Å². The predicted molar refractivity (Wildman–Crippen MR) is 134 cm³/mol. The molecule has 0 N–H and O–H groups in total. The molecule has 0 unspecified atom stereocenters. The number of nitrogens with zero attached hydrogens (tertiary/aromatic N) is 1. The Morgan fingerprint density at radius 1 is 0.800 bits per heavy atom. The summed E-state index contributed by atoms with van der Waals surface area (Å²) in [7, 11) is -0.916. The summed E-state index contributed by atoms with van der Waals surface area (Å²) in [5, 5.41) is 0. The van der Waals surface area contributed by atoms with E-state index in [1.807, 2.05) is 20.8 Å². The van der Waals surface area contributed by atoms with Gasteiger partial charge in [0.15, 0.2) is 9.57 Å². The van der Waals surface area contributed by atoms with Crippen molar-refractivity contribution in [2.45, 2.75) is 32.7 Å². The first-order valence-electron chi connectivity index (χ1n) is 8.57. The Kier molecular flexibility index (Phi) is 16.6. The Bertz CT molecular complexity index is 831. The zero-order valence-corrected chi connectivity index (χ0v) is 22.7. The SMILES string of the molecule is CC(C)(C)[N-][SiH]=O.Cl.Cl.[CH3-].[CH3-].[Ti+4].c1ccc2c(c1)Cc1ccccc1-c1c[cH-]cc1-2. The van der Waals surface area contributed by atoms with Crippen molar-refractivity contribution >= 4 is 34.4 Å². The van der Waals surface area contributed by atoms with Crippen molar-refractivity contribution in [2.75, 3.05) is 0 Å². The molecular formula is C24H31Cl2NOSiTi. The molecule has 0 aliphatic heterocycles. The van der Waals surface area contributed by atoms with Crippen molar-refractivity contribution < 1.29 is 26.2 Å². The number of fused-ring (bicyclic) bond motifs is 5. The van der Waals surface area contributed by atoms with E-state index in [-0.39, 0.29) is 66.9 Å². The van der Waals surface area contributed by atoms with Gasteiger partial charge < -0.3 is 24.3 Å². The number of rotatable bonds is 1. The molecule has 0 saturated heterocycles. The smallest absolute Gasteiger partial charge is 0.665 e. The van der Waals surface area contributed by atoms with Gasteiger partial charge in [-0.2, -0.15) is 29.3 Å². The molecule has 0 atom stereocenters. The van der Waals surface area contributed by atoms with Crippen molar-refractivity contribution in [1.29, 1.82) is 0 Å². The average Bonchev–Trinajstić information content (AvgIpc) is 3.00. The summed E-state index contributed by atoms with van der Waals surface area (Å²) < 4.78 is 9.86. The largest absolute Gasteiger partial charge is 4.00 e. The molecule has 0 fully saturated rings. The second-order valence-electron chi connectivity index (χ2n) is 7.25. The van der Waals surface area contributed by atoms with E-state index in [1.165, 1.54) is 33.4 Å². The van der Waals surface area contributed by atoms with Gasteiger partial charge in [-0.25, -0.2) is 0 Å². The van der Waals surface area contributed by atoms with E-state index < -0.39 is 9.57 Å². The minimum Gasteiger partial charge on any atom is -0.665 e. The van der Waals surface area contributed by atoms with Crippen LogP contribution in [0.2, 0.25) is 0 Å². The standard InChI is InChI=1S/C18H13.C4H10NOSi.2CH3.2ClH.Ti/c1-3-8-15-13(6-1)12-14-7-2-4-9-16(14)18-11-5-10-17(15)18;1-4(2,3)5-7-6;;;;;/h1-11H,12H2;7H,1-3H3;2*1H3;2*1H;/q4*-1;;;+4. The van der Waals surface area contributed by atoms with Crippen molar-refractivity contribution in [3.63, 3.8) is 0 Å². The molecule has 2 nitrogen and oxygen atoms in total. The van der Waals surface area contributed by atoms with Crippen LogP contribution in [0.4, 0.5) is 0 Å². The van der Waals surface area contributed by atoms with Gasteiger partial charge in [-0.1, -0.05) is 80.4 Å². The maximum Gasteiger partial charge on any atom is 4.00 e. The molecule has 0 spiro atoms. The fourth-order valence-corrected chi connectivity index (χ4v) is 3.44. The first kappa shape index (κ1) is 33.5. The van der Waals surface area contributed by atoms with Crippen LogP contribution in [0, 0.1) is 14.9 Å². The maximum atomic E-state index is 9.86. The van der Waals surface area contributed by atoms with Crippen LogP contribution in [0.15, 0.2) is 66.7 Å². The van der Waals surface area contributed by atoms with E-state index >= 15 is 0 Å². The molecule has 0 saturated carbocycles. The Morgan fingerprint density at radius 2 is 1.20 bits per heavy atom. The fourth-order valence-electron chi connectivity index (χ4n) is 3.13. The zero-order valence-electron chi connectivity index (χ0n) is 18.3. The van der Waals surface area contributed by atoms with E-state index in [9.17, 15) is 4.46 Å². The third-order valence-corrected chi connectivity index (χ3v) is 5.13. The summed E-state index contributed by atoms with van der Waals surface area (Å²) in [4.78, 5) is 3.78. The topological polar surface area (TPSA) is 31.2 Å². The fraction of sp³-hybridized carbons (Fsp3) is 0.208. The summed E-state index contributed by atoms with van der Waals surface area (Å²) in [6, 6.07) is 24.1. The average molecular weight is 496 g/mol. The van der Waals surface area contributed by atoms with Crippen LogP contribution in [0.3, 0.4) is 0 Å². The summed E-state index contributed by atoms with van der Waals surface area (Å²) in [5.74, 6) is 0. The second-order valence-corrected chi connectivity index (χ2v) is 7.72.